The van der Waals surface area contributed by atoms with Crippen molar-refractivity contribution in [1.82, 2.24) is 4.98 Å². The summed E-state index contributed by atoms with van der Waals surface area (Å²) in [5, 5.41) is 9.81. The van der Waals surface area contributed by atoms with Crippen LogP contribution in [0.15, 0.2) is 24.4 Å². The van der Waals surface area contributed by atoms with E-state index in [0.29, 0.717) is 16.5 Å². The highest BCUT2D eigenvalue weighted by atomic mass is 19.3. The minimum atomic E-state index is -2.85. The third-order valence-corrected chi connectivity index (χ3v) is 2.68. The molecule has 1 heterocycles. The lowest BCUT2D eigenvalue weighted by molar-refractivity contribution is -0.00494. The fourth-order valence-electron chi connectivity index (χ4n) is 1.74. The number of Topliss-reactive ketones (excluding diaryl/α,β-unsaturated/α-hetero) is 1. The first kappa shape index (κ1) is 11.7. The lowest BCUT2D eigenvalue weighted by Gasteiger charge is -2.08. The van der Waals surface area contributed by atoms with Crippen LogP contribution in [0.2, 0.25) is 0 Å². The molecule has 17 heavy (non-hydrogen) atoms. The second-order valence-corrected chi connectivity index (χ2v) is 3.84. The van der Waals surface area contributed by atoms with E-state index >= 15 is 0 Å². The number of hydrogen-bond acceptors (Lipinski definition) is 2. The minimum Gasteiger partial charge on any atom is -0.382 e. The van der Waals surface area contributed by atoms with Gasteiger partial charge in [0.15, 0.2) is 5.78 Å². The van der Waals surface area contributed by atoms with E-state index in [1.165, 1.54) is 19.2 Å². The number of fused-ring (bicyclic) bond motifs is 1. The smallest absolute Gasteiger partial charge is 0.268 e. The van der Waals surface area contributed by atoms with E-state index in [9.17, 15) is 18.7 Å². The van der Waals surface area contributed by atoms with Gasteiger partial charge < -0.3 is 10.1 Å². The van der Waals surface area contributed by atoms with Crippen LogP contribution in [-0.4, -0.2) is 22.3 Å². The summed E-state index contributed by atoms with van der Waals surface area (Å²) in [6.07, 6.45) is -3.35. The average Bonchev–Trinajstić information content (AvgIpc) is 2.70. The molecule has 0 aliphatic carbocycles. The van der Waals surface area contributed by atoms with Gasteiger partial charge in [-0.25, -0.2) is 8.78 Å². The number of alkyl halides is 2. The Balaban J connectivity index is 2.57. The van der Waals surface area contributed by atoms with Gasteiger partial charge >= 0.3 is 0 Å². The third-order valence-electron chi connectivity index (χ3n) is 2.68. The molecule has 0 radical (unpaired) electrons. The minimum absolute atomic E-state index is 0.109. The average molecular weight is 239 g/mol. The molecule has 0 saturated heterocycles. The number of aliphatic hydroxyl groups excluding tert-OH is 1. The molecule has 1 aromatic carbocycles. The lowest BCUT2D eigenvalue weighted by atomic mass is 10.0. The largest absolute Gasteiger partial charge is 0.382 e. The van der Waals surface area contributed by atoms with Gasteiger partial charge in [0.05, 0.1) is 0 Å². The Kier molecular flexibility index (Phi) is 2.93. The summed E-state index contributed by atoms with van der Waals surface area (Å²) < 4.78 is 24.9. The number of halogens is 2. The maximum absolute atomic E-state index is 12.4. The van der Waals surface area contributed by atoms with E-state index < -0.39 is 12.5 Å². The standard InChI is InChI=1S/C12H11F2NO2/c1-6(16)7-2-3-10-8(4-7)9(5-15-10)11(17)12(13)14/h2-5,11-12,15,17H,1H3. The predicted molar refractivity (Wildman–Crippen MR) is 59.3 cm³/mol. The molecule has 0 aliphatic rings. The van der Waals surface area contributed by atoms with Crippen molar-refractivity contribution >= 4 is 16.7 Å². The number of aromatic amines is 1. The second kappa shape index (κ2) is 4.25. The van der Waals surface area contributed by atoms with E-state index in [2.05, 4.69) is 4.98 Å². The second-order valence-electron chi connectivity index (χ2n) is 3.84. The van der Waals surface area contributed by atoms with Gasteiger partial charge in [-0.1, -0.05) is 0 Å². The van der Waals surface area contributed by atoms with Crippen molar-refractivity contribution in [3.05, 3.63) is 35.5 Å². The molecule has 0 aliphatic heterocycles. The number of benzene rings is 1. The Labute approximate surface area is 96.1 Å². The van der Waals surface area contributed by atoms with Gasteiger partial charge in [-0.05, 0) is 25.1 Å². The molecule has 90 valence electrons. The van der Waals surface area contributed by atoms with Gasteiger partial charge in [-0.2, -0.15) is 0 Å². The Morgan fingerprint density at radius 2 is 2.12 bits per heavy atom. The lowest BCUT2D eigenvalue weighted by Crippen LogP contribution is -2.07. The monoisotopic (exact) mass is 239 g/mol. The third kappa shape index (κ3) is 2.06. The van der Waals surface area contributed by atoms with Crippen LogP contribution in [0.1, 0.15) is 28.9 Å². The number of aliphatic hydroxyl groups is 1. The molecule has 1 atom stereocenters. The van der Waals surface area contributed by atoms with Gasteiger partial charge in [0.2, 0.25) is 0 Å². The number of nitrogens with one attached hydrogen (secondary N) is 1. The fourth-order valence-corrected chi connectivity index (χ4v) is 1.74. The highest BCUT2D eigenvalue weighted by Crippen LogP contribution is 2.28. The quantitative estimate of drug-likeness (QED) is 0.809. The number of rotatable bonds is 3. The summed E-state index contributed by atoms with van der Waals surface area (Å²) in [4.78, 5) is 14.0. The van der Waals surface area contributed by atoms with Crippen molar-refractivity contribution in [2.24, 2.45) is 0 Å². The maximum atomic E-state index is 12.4. The summed E-state index contributed by atoms with van der Waals surface area (Å²) in [5.41, 5.74) is 1.16. The summed E-state index contributed by atoms with van der Waals surface area (Å²) in [6, 6.07) is 4.75. The Morgan fingerprint density at radius 1 is 1.41 bits per heavy atom. The topological polar surface area (TPSA) is 53.1 Å². The molecular formula is C12H11F2NO2. The number of hydrogen-bond donors (Lipinski definition) is 2. The Morgan fingerprint density at radius 3 is 2.71 bits per heavy atom. The fraction of sp³-hybridized carbons (Fsp3) is 0.250. The van der Waals surface area contributed by atoms with Crippen molar-refractivity contribution in [3.8, 4) is 0 Å². The summed E-state index contributed by atoms with van der Waals surface area (Å²) >= 11 is 0. The van der Waals surface area contributed by atoms with Crippen LogP contribution in [0, 0.1) is 0 Å². The Hall–Kier alpha value is -1.75. The van der Waals surface area contributed by atoms with Crippen molar-refractivity contribution in [3.63, 3.8) is 0 Å². The zero-order chi connectivity index (χ0) is 12.6. The first-order valence-electron chi connectivity index (χ1n) is 5.09. The first-order chi connectivity index (χ1) is 8.00. The zero-order valence-electron chi connectivity index (χ0n) is 9.08. The number of aromatic nitrogens is 1. The molecule has 0 amide bonds. The highest BCUT2D eigenvalue weighted by Gasteiger charge is 2.22. The van der Waals surface area contributed by atoms with Crippen molar-refractivity contribution in [2.45, 2.75) is 19.5 Å². The molecular weight excluding hydrogens is 228 g/mol. The van der Waals surface area contributed by atoms with E-state index in [-0.39, 0.29) is 11.3 Å². The first-order valence-corrected chi connectivity index (χ1v) is 5.09. The zero-order valence-corrected chi connectivity index (χ0v) is 9.08. The molecule has 2 N–H and O–H groups in total. The Bertz CT molecular complexity index is 563. The van der Waals surface area contributed by atoms with Crippen LogP contribution in [0.3, 0.4) is 0 Å². The number of ketones is 1. The van der Waals surface area contributed by atoms with Gasteiger partial charge in [0.25, 0.3) is 6.43 Å². The van der Waals surface area contributed by atoms with Gasteiger partial charge in [0, 0.05) is 28.2 Å². The molecule has 0 fully saturated rings. The van der Waals surface area contributed by atoms with E-state index in [4.69, 9.17) is 0 Å². The maximum Gasteiger partial charge on any atom is 0.268 e. The summed E-state index contributed by atoms with van der Waals surface area (Å²) in [6.45, 7) is 1.40. The van der Waals surface area contributed by atoms with E-state index in [1.807, 2.05) is 0 Å². The van der Waals surface area contributed by atoms with Crippen molar-refractivity contribution < 1.29 is 18.7 Å². The van der Waals surface area contributed by atoms with Gasteiger partial charge in [-0.3, -0.25) is 4.79 Å². The molecule has 2 aromatic rings. The summed E-state index contributed by atoms with van der Waals surface area (Å²) in [7, 11) is 0. The molecule has 3 nitrogen and oxygen atoms in total. The normalized spacial score (nSPS) is 13.2. The molecule has 0 bridgehead atoms. The number of carbonyl (C=O) groups excluding carboxylic acids is 1. The van der Waals surface area contributed by atoms with Crippen LogP contribution in [0.4, 0.5) is 8.78 Å². The predicted octanol–water partition coefficient (Wildman–Crippen LogP) is 2.67. The highest BCUT2D eigenvalue weighted by molar-refractivity contribution is 5.98. The summed E-state index contributed by atoms with van der Waals surface area (Å²) in [5.74, 6) is -0.148. The van der Waals surface area contributed by atoms with E-state index in [1.54, 1.807) is 12.1 Å². The van der Waals surface area contributed by atoms with Crippen molar-refractivity contribution in [2.75, 3.05) is 0 Å². The molecule has 2 rings (SSSR count). The molecule has 1 aromatic heterocycles. The van der Waals surface area contributed by atoms with E-state index in [0.717, 1.165) is 0 Å². The van der Waals surface area contributed by atoms with Crippen LogP contribution in [0.25, 0.3) is 10.9 Å². The van der Waals surface area contributed by atoms with Gasteiger partial charge in [0.1, 0.15) is 6.10 Å². The molecule has 0 spiro atoms. The van der Waals surface area contributed by atoms with Crippen LogP contribution in [-0.2, 0) is 0 Å². The van der Waals surface area contributed by atoms with Crippen LogP contribution < -0.4 is 0 Å². The van der Waals surface area contributed by atoms with Crippen LogP contribution >= 0.6 is 0 Å². The number of carbonyl (C=O) groups is 1. The SMILES string of the molecule is CC(=O)c1ccc2[nH]cc(C(O)C(F)F)c2c1. The molecule has 5 heteroatoms. The molecule has 1 unspecified atom stereocenters. The van der Waals surface area contributed by atoms with Gasteiger partial charge in [-0.15, -0.1) is 0 Å². The number of H-pyrrole nitrogens is 1. The molecule has 0 saturated carbocycles. The van der Waals surface area contributed by atoms with Crippen molar-refractivity contribution in [1.29, 1.82) is 0 Å². The van der Waals surface area contributed by atoms with Crippen LogP contribution in [0.5, 0.6) is 0 Å².